The zero-order valence-corrected chi connectivity index (χ0v) is 7.66. The molecule has 0 aliphatic heterocycles. The summed E-state index contributed by atoms with van der Waals surface area (Å²) >= 11 is 0. The maximum atomic E-state index is 11.4. The molecule has 0 aromatic carbocycles. The highest BCUT2D eigenvalue weighted by Crippen LogP contribution is 2.30. The van der Waals surface area contributed by atoms with Gasteiger partial charge in [0.1, 0.15) is 0 Å². The van der Waals surface area contributed by atoms with Crippen molar-refractivity contribution in [3.05, 3.63) is 11.6 Å². The Morgan fingerprint density at radius 1 is 1.50 bits per heavy atom. The normalized spacial score (nSPS) is 35.7. The Labute approximate surface area is 72.9 Å². The minimum Gasteiger partial charge on any atom is -0.294 e. The van der Waals surface area contributed by atoms with Crippen LogP contribution in [0, 0.1) is 29.1 Å². The predicted octanol–water partition coefficient (Wildman–Crippen LogP) is 1.93. The van der Waals surface area contributed by atoms with Crippen LogP contribution >= 0.6 is 0 Å². The number of allylic oxidation sites excluding steroid dienone is 2. The van der Waals surface area contributed by atoms with Crippen molar-refractivity contribution >= 4 is 5.78 Å². The van der Waals surface area contributed by atoms with E-state index >= 15 is 0 Å². The molecule has 3 unspecified atom stereocenters. The second-order valence-electron chi connectivity index (χ2n) is 3.52. The summed E-state index contributed by atoms with van der Waals surface area (Å²) in [5, 5.41) is 8.78. The number of ketones is 1. The Bertz CT molecular complexity index is 272. The average Bonchev–Trinajstić information content (AvgIpc) is 2.08. The van der Waals surface area contributed by atoms with Crippen molar-refractivity contribution in [3.63, 3.8) is 0 Å². The van der Waals surface area contributed by atoms with Crippen LogP contribution in [0.3, 0.4) is 0 Å². The van der Waals surface area contributed by atoms with Gasteiger partial charge in [0.25, 0.3) is 0 Å². The van der Waals surface area contributed by atoms with E-state index in [1.54, 1.807) is 13.0 Å². The van der Waals surface area contributed by atoms with E-state index in [-0.39, 0.29) is 23.5 Å². The first-order valence-electron chi connectivity index (χ1n) is 4.20. The van der Waals surface area contributed by atoms with Crippen LogP contribution in [-0.2, 0) is 4.79 Å². The molecule has 1 rings (SSSR count). The van der Waals surface area contributed by atoms with Gasteiger partial charge < -0.3 is 0 Å². The van der Waals surface area contributed by atoms with Crippen molar-refractivity contribution in [3.8, 4) is 6.07 Å². The van der Waals surface area contributed by atoms with Crippen molar-refractivity contribution in [1.82, 2.24) is 0 Å². The van der Waals surface area contributed by atoms with Crippen molar-refractivity contribution in [2.75, 3.05) is 0 Å². The second-order valence-corrected chi connectivity index (χ2v) is 3.52. The first-order chi connectivity index (χ1) is 5.57. The van der Waals surface area contributed by atoms with E-state index in [1.165, 1.54) is 0 Å². The van der Waals surface area contributed by atoms with Gasteiger partial charge in [0.2, 0.25) is 0 Å². The van der Waals surface area contributed by atoms with E-state index in [1.807, 2.05) is 13.8 Å². The molecular formula is C10H13NO. The fourth-order valence-electron chi connectivity index (χ4n) is 1.57. The molecule has 0 radical (unpaired) electrons. The van der Waals surface area contributed by atoms with E-state index in [0.717, 1.165) is 5.57 Å². The zero-order chi connectivity index (χ0) is 9.30. The number of hydrogen-bond donors (Lipinski definition) is 0. The number of carbonyl (C=O) groups is 1. The molecule has 0 bridgehead atoms. The van der Waals surface area contributed by atoms with E-state index in [2.05, 4.69) is 6.07 Å². The Morgan fingerprint density at radius 2 is 2.08 bits per heavy atom. The lowest BCUT2D eigenvalue weighted by atomic mass is 9.75. The van der Waals surface area contributed by atoms with Crippen LogP contribution in [0.4, 0.5) is 0 Å². The van der Waals surface area contributed by atoms with E-state index in [4.69, 9.17) is 5.26 Å². The smallest absolute Gasteiger partial charge is 0.161 e. The standard InChI is InChI=1S/C10H13NO/c1-6-4-9(5-11)7(2)8(3)10(6)12/h4,7-9H,1-3H3. The van der Waals surface area contributed by atoms with Gasteiger partial charge in [-0.2, -0.15) is 5.26 Å². The van der Waals surface area contributed by atoms with Crippen molar-refractivity contribution in [1.29, 1.82) is 5.26 Å². The summed E-state index contributed by atoms with van der Waals surface area (Å²) < 4.78 is 0. The van der Waals surface area contributed by atoms with Gasteiger partial charge in [-0.25, -0.2) is 0 Å². The molecule has 64 valence electrons. The Balaban J connectivity index is 3.00. The number of rotatable bonds is 0. The summed E-state index contributed by atoms with van der Waals surface area (Å²) in [5.74, 6) is 0.262. The maximum Gasteiger partial charge on any atom is 0.161 e. The van der Waals surface area contributed by atoms with Gasteiger partial charge in [0.15, 0.2) is 5.78 Å². The van der Waals surface area contributed by atoms with Crippen molar-refractivity contribution in [2.24, 2.45) is 17.8 Å². The fraction of sp³-hybridized carbons (Fsp3) is 0.600. The molecule has 0 amide bonds. The summed E-state index contributed by atoms with van der Waals surface area (Å²) in [4.78, 5) is 11.4. The number of carbonyl (C=O) groups excluding carboxylic acids is 1. The molecule has 0 saturated carbocycles. The molecule has 1 aliphatic rings. The summed E-state index contributed by atoms with van der Waals surface area (Å²) in [5.41, 5.74) is 0.743. The fourth-order valence-corrected chi connectivity index (χ4v) is 1.57. The summed E-state index contributed by atoms with van der Waals surface area (Å²) in [6.45, 7) is 5.64. The zero-order valence-electron chi connectivity index (χ0n) is 7.66. The highest BCUT2D eigenvalue weighted by molar-refractivity contribution is 5.97. The van der Waals surface area contributed by atoms with Gasteiger partial charge in [-0.15, -0.1) is 0 Å². The molecule has 3 atom stereocenters. The van der Waals surface area contributed by atoms with Crippen LogP contribution in [-0.4, -0.2) is 5.78 Å². The topological polar surface area (TPSA) is 40.9 Å². The van der Waals surface area contributed by atoms with Crippen LogP contribution in [0.25, 0.3) is 0 Å². The number of nitrogens with zero attached hydrogens (tertiary/aromatic N) is 1. The van der Waals surface area contributed by atoms with Crippen LogP contribution in [0.1, 0.15) is 20.8 Å². The second kappa shape index (κ2) is 3.10. The minimum atomic E-state index is -0.0855. The van der Waals surface area contributed by atoms with Gasteiger partial charge in [-0.3, -0.25) is 4.79 Å². The van der Waals surface area contributed by atoms with Crippen molar-refractivity contribution in [2.45, 2.75) is 20.8 Å². The van der Waals surface area contributed by atoms with Gasteiger partial charge in [0, 0.05) is 5.92 Å². The minimum absolute atomic E-state index is 0.000324. The average molecular weight is 163 g/mol. The third-order valence-corrected chi connectivity index (χ3v) is 2.74. The Kier molecular flexibility index (Phi) is 2.32. The molecule has 2 heteroatoms. The summed E-state index contributed by atoms with van der Waals surface area (Å²) in [7, 11) is 0. The van der Waals surface area contributed by atoms with Gasteiger partial charge in [-0.05, 0) is 18.4 Å². The highest BCUT2D eigenvalue weighted by Gasteiger charge is 2.31. The molecule has 0 spiro atoms. The molecule has 0 saturated heterocycles. The maximum absolute atomic E-state index is 11.4. The van der Waals surface area contributed by atoms with Gasteiger partial charge in [0.05, 0.1) is 12.0 Å². The predicted molar refractivity (Wildman–Crippen MR) is 46.2 cm³/mol. The molecular weight excluding hydrogens is 150 g/mol. The van der Waals surface area contributed by atoms with E-state index in [0.29, 0.717) is 0 Å². The molecule has 0 aromatic heterocycles. The van der Waals surface area contributed by atoms with Crippen LogP contribution < -0.4 is 0 Å². The Hall–Kier alpha value is -1.10. The Morgan fingerprint density at radius 3 is 2.58 bits per heavy atom. The lowest BCUT2D eigenvalue weighted by molar-refractivity contribution is -0.120. The first kappa shape index (κ1) is 8.99. The molecule has 12 heavy (non-hydrogen) atoms. The van der Waals surface area contributed by atoms with Gasteiger partial charge >= 0.3 is 0 Å². The molecule has 0 N–H and O–H groups in total. The number of hydrogen-bond acceptors (Lipinski definition) is 2. The largest absolute Gasteiger partial charge is 0.294 e. The van der Waals surface area contributed by atoms with Crippen molar-refractivity contribution < 1.29 is 4.79 Å². The molecule has 0 fully saturated rings. The number of Topliss-reactive ketones (excluding diaryl/α,β-unsaturated/α-hetero) is 1. The number of nitriles is 1. The SMILES string of the molecule is CC1=CC(C#N)C(C)C(C)C1=O. The summed E-state index contributed by atoms with van der Waals surface area (Å²) in [6.07, 6.45) is 1.78. The highest BCUT2D eigenvalue weighted by atomic mass is 16.1. The van der Waals surface area contributed by atoms with E-state index in [9.17, 15) is 4.79 Å². The van der Waals surface area contributed by atoms with Crippen LogP contribution in [0.2, 0.25) is 0 Å². The molecule has 0 aromatic rings. The lowest BCUT2D eigenvalue weighted by Gasteiger charge is -2.26. The quantitative estimate of drug-likeness (QED) is 0.547. The van der Waals surface area contributed by atoms with E-state index < -0.39 is 0 Å². The van der Waals surface area contributed by atoms with Crippen LogP contribution in [0.5, 0.6) is 0 Å². The molecule has 1 aliphatic carbocycles. The third kappa shape index (κ3) is 1.27. The van der Waals surface area contributed by atoms with Gasteiger partial charge in [-0.1, -0.05) is 19.9 Å². The van der Waals surface area contributed by atoms with Crippen LogP contribution in [0.15, 0.2) is 11.6 Å². The lowest BCUT2D eigenvalue weighted by Crippen LogP contribution is -2.29. The summed E-state index contributed by atoms with van der Waals surface area (Å²) in [6, 6.07) is 2.21. The third-order valence-electron chi connectivity index (χ3n) is 2.74. The monoisotopic (exact) mass is 163 g/mol. The molecule has 0 heterocycles. The first-order valence-corrected chi connectivity index (χ1v) is 4.20. The molecule has 2 nitrogen and oxygen atoms in total.